The summed E-state index contributed by atoms with van der Waals surface area (Å²) in [6.45, 7) is -0.244. The number of nitrogens with zero attached hydrogens (tertiary/aromatic N) is 3. The van der Waals surface area contributed by atoms with Gasteiger partial charge in [0.2, 0.25) is 5.84 Å². The first kappa shape index (κ1) is 25.4. The standard InChI is InChI=1S/C27H24N4O4S.ClH/c1-36(33,34)35-17-27(32)14-21(15-27)25-24-16-28-11-12-31(24)26(30-25)20-8-7-19-9-10-22(29-23(19)13-20)18-5-3-2-4-6-18;/h2-13,16,21,32H,14-15,17H2,1H3;1H. The molecule has 10 heteroatoms. The number of quaternary nitrogens is 1. The van der Waals surface area contributed by atoms with Crippen molar-refractivity contribution in [2.45, 2.75) is 18.4 Å². The quantitative estimate of drug-likeness (QED) is 0.411. The zero-order chi connectivity index (χ0) is 24.9. The minimum Gasteiger partial charge on any atom is -1.00 e. The highest BCUT2D eigenvalue weighted by molar-refractivity contribution is 7.85. The third-order valence-electron chi connectivity index (χ3n) is 6.80. The molecule has 2 aliphatic heterocycles. The summed E-state index contributed by atoms with van der Waals surface area (Å²) < 4.78 is 27.5. The van der Waals surface area contributed by atoms with Gasteiger partial charge in [-0.05, 0) is 31.0 Å². The molecule has 8 nitrogen and oxygen atoms in total. The topological polar surface area (TPSA) is 106 Å². The second-order valence-electron chi connectivity index (χ2n) is 9.53. The molecule has 1 atom stereocenters. The fourth-order valence-electron chi connectivity index (χ4n) is 5.00. The Hall–Kier alpha value is -3.21. The van der Waals surface area contributed by atoms with Crippen molar-refractivity contribution < 1.29 is 35.0 Å². The lowest BCUT2D eigenvalue weighted by Gasteiger charge is -2.42. The Kier molecular flexibility index (Phi) is 6.59. The summed E-state index contributed by atoms with van der Waals surface area (Å²) in [5.74, 6) is 0.834. The number of allylic oxidation sites excluding steroid dienone is 2. The number of hydrogen-bond donors (Lipinski definition) is 2. The number of benzene rings is 2. The molecular weight excluding hydrogens is 512 g/mol. The summed E-state index contributed by atoms with van der Waals surface area (Å²) in [5.41, 5.74) is 4.44. The van der Waals surface area contributed by atoms with E-state index in [0.29, 0.717) is 12.8 Å². The third-order valence-corrected chi connectivity index (χ3v) is 7.35. The number of aliphatic hydroxyl groups is 1. The average molecular weight is 537 g/mol. The van der Waals surface area contributed by atoms with Crippen LogP contribution >= 0.6 is 0 Å². The van der Waals surface area contributed by atoms with Gasteiger partial charge < -0.3 is 17.5 Å². The number of amidine groups is 1. The van der Waals surface area contributed by atoms with Gasteiger partial charge in [-0.2, -0.15) is 13.4 Å². The first-order valence-electron chi connectivity index (χ1n) is 11.7. The zero-order valence-electron chi connectivity index (χ0n) is 20.0. The molecule has 1 fully saturated rings. The largest absolute Gasteiger partial charge is 1.00 e. The van der Waals surface area contributed by atoms with Crippen molar-refractivity contribution in [3.63, 3.8) is 0 Å². The summed E-state index contributed by atoms with van der Waals surface area (Å²) >= 11 is 0. The van der Waals surface area contributed by atoms with Crippen molar-refractivity contribution >= 4 is 33.1 Å². The van der Waals surface area contributed by atoms with E-state index in [1.807, 2.05) is 42.6 Å². The van der Waals surface area contributed by atoms with E-state index in [0.717, 1.165) is 56.1 Å². The second kappa shape index (κ2) is 9.59. The third kappa shape index (κ3) is 5.01. The average Bonchev–Trinajstić information content (AvgIpc) is 3.25. The first-order valence-corrected chi connectivity index (χ1v) is 13.5. The Morgan fingerprint density at radius 2 is 1.84 bits per heavy atom. The van der Waals surface area contributed by atoms with Gasteiger partial charge in [0.05, 0.1) is 47.7 Å². The summed E-state index contributed by atoms with van der Waals surface area (Å²) in [6, 6.07) is 20.4. The van der Waals surface area contributed by atoms with Crippen LogP contribution in [0.2, 0.25) is 0 Å². The number of aliphatic imine (C=N–C) groups is 2. The van der Waals surface area contributed by atoms with Crippen LogP contribution in [-0.2, 0) is 14.3 Å². The van der Waals surface area contributed by atoms with Crippen LogP contribution in [0, 0.1) is 5.92 Å². The van der Waals surface area contributed by atoms with E-state index in [9.17, 15) is 13.5 Å². The minimum absolute atomic E-state index is 0. The van der Waals surface area contributed by atoms with Crippen LogP contribution in [0.15, 0.2) is 94.4 Å². The highest BCUT2D eigenvalue weighted by atomic mass is 35.5. The van der Waals surface area contributed by atoms with Crippen molar-refractivity contribution in [2.75, 3.05) is 12.9 Å². The van der Waals surface area contributed by atoms with Crippen LogP contribution in [0.4, 0.5) is 0 Å². The summed E-state index contributed by atoms with van der Waals surface area (Å²) in [5, 5.41) is 11.7. The molecular formula is C27H25ClN4O4S. The van der Waals surface area contributed by atoms with Gasteiger partial charge in [-0.1, -0.05) is 42.5 Å². The first-order chi connectivity index (χ1) is 17.3. The number of rotatable bonds is 6. The van der Waals surface area contributed by atoms with Crippen molar-refractivity contribution in [3.8, 4) is 11.3 Å². The number of hydrogen-bond acceptors (Lipinski definition) is 7. The van der Waals surface area contributed by atoms with Gasteiger partial charge in [0.1, 0.15) is 11.9 Å². The molecule has 2 aromatic carbocycles. The van der Waals surface area contributed by atoms with Gasteiger partial charge in [0.15, 0.2) is 5.70 Å². The summed E-state index contributed by atoms with van der Waals surface area (Å²) in [6.07, 6.45) is 7.25. The molecule has 1 aliphatic carbocycles. The normalized spacial score (nSPS) is 24.4. The Morgan fingerprint density at radius 1 is 1.08 bits per heavy atom. The number of fused-ring (bicyclic) bond motifs is 2. The molecule has 0 amide bonds. The molecule has 2 N–H and O–H groups in total. The monoisotopic (exact) mass is 536 g/mol. The van der Waals surface area contributed by atoms with Crippen molar-refractivity contribution in [1.29, 1.82) is 0 Å². The van der Waals surface area contributed by atoms with E-state index in [2.05, 4.69) is 29.3 Å². The molecule has 3 heterocycles. The molecule has 3 aromatic rings. The zero-order valence-corrected chi connectivity index (χ0v) is 21.6. The molecule has 0 saturated heterocycles. The Labute approximate surface area is 221 Å². The molecule has 0 spiro atoms. The molecule has 6 rings (SSSR count). The molecule has 1 unspecified atom stereocenters. The van der Waals surface area contributed by atoms with Gasteiger partial charge in [-0.15, -0.1) is 0 Å². The Morgan fingerprint density at radius 3 is 2.59 bits per heavy atom. The Bertz CT molecular complexity index is 1590. The number of pyridine rings is 1. The van der Waals surface area contributed by atoms with E-state index in [1.54, 1.807) is 12.4 Å². The number of halogens is 1. The highest BCUT2D eigenvalue weighted by Crippen LogP contribution is 2.44. The molecule has 37 heavy (non-hydrogen) atoms. The maximum Gasteiger partial charge on any atom is 0.264 e. The molecule has 0 bridgehead atoms. The SMILES string of the molecule is CS(=O)(=O)OCC1(O)CC(C2=C3C=NC=C[NH+]3C(c3ccc4ccc(-c5ccccc5)nc4c3)=N2)C1.[Cl-]. The van der Waals surface area contributed by atoms with Crippen LogP contribution < -0.4 is 17.3 Å². The number of nitrogens with one attached hydrogen (secondary N) is 1. The fourth-order valence-corrected chi connectivity index (χ4v) is 5.43. The van der Waals surface area contributed by atoms with E-state index in [1.165, 1.54) is 0 Å². The van der Waals surface area contributed by atoms with Crippen molar-refractivity contribution in [3.05, 3.63) is 90.0 Å². The van der Waals surface area contributed by atoms with E-state index < -0.39 is 15.7 Å². The second-order valence-corrected chi connectivity index (χ2v) is 11.2. The van der Waals surface area contributed by atoms with Gasteiger partial charge in [0, 0.05) is 16.9 Å². The van der Waals surface area contributed by atoms with Gasteiger partial charge >= 0.3 is 0 Å². The predicted molar refractivity (Wildman–Crippen MR) is 138 cm³/mol. The maximum atomic E-state index is 11.3. The van der Waals surface area contributed by atoms with Crippen LogP contribution in [-0.4, -0.2) is 49.0 Å². The molecule has 1 aromatic heterocycles. The predicted octanol–water partition coefficient (Wildman–Crippen LogP) is -0.565. The maximum absolute atomic E-state index is 11.3. The molecule has 0 radical (unpaired) electrons. The van der Waals surface area contributed by atoms with Gasteiger partial charge in [-0.3, -0.25) is 9.18 Å². The van der Waals surface area contributed by atoms with E-state index in [-0.39, 0.29) is 24.9 Å². The highest BCUT2D eigenvalue weighted by Gasteiger charge is 2.49. The lowest BCUT2D eigenvalue weighted by atomic mass is 9.69. The summed E-state index contributed by atoms with van der Waals surface area (Å²) in [7, 11) is -3.61. The molecule has 1 saturated carbocycles. The van der Waals surface area contributed by atoms with Crippen LogP contribution in [0.5, 0.6) is 0 Å². The van der Waals surface area contributed by atoms with Crippen LogP contribution in [0.3, 0.4) is 0 Å². The summed E-state index contributed by atoms with van der Waals surface area (Å²) in [4.78, 5) is 15.2. The lowest BCUT2D eigenvalue weighted by molar-refractivity contribution is -0.689. The smallest absolute Gasteiger partial charge is 0.264 e. The fraction of sp³-hybridized carbons (Fsp3) is 0.222. The van der Waals surface area contributed by atoms with Crippen molar-refractivity contribution in [2.24, 2.45) is 15.9 Å². The lowest BCUT2D eigenvalue weighted by Crippen LogP contribution is -3.08. The minimum atomic E-state index is -3.61. The van der Waals surface area contributed by atoms with Crippen molar-refractivity contribution in [1.82, 2.24) is 4.98 Å². The van der Waals surface area contributed by atoms with Crippen LogP contribution in [0.1, 0.15) is 18.4 Å². The number of aromatic nitrogens is 1. The Balaban J connectivity index is 0.00000280. The van der Waals surface area contributed by atoms with E-state index in [4.69, 9.17) is 14.2 Å². The molecule has 3 aliphatic rings. The van der Waals surface area contributed by atoms with E-state index >= 15 is 0 Å². The molecule has 190 valence electrons. The van der Waals surface area contributed by atoms with Crippen LogP contribution in [0.25, 0.3) is 22.2 Å². The van der Waals surface area contributed by atoms with Gasteiger partial charge in [0.25, 0.3) is 10.1 Å². The van der Waals surface area contributed by atoms with Gasteiger partial charge in [-0.25, -0.2) is 9.88 Å².